The van der Waals surface area contributed by atoms with Crippen LogP contribution in [-0.2, 0) is 12.6 Å². The van der Waals surface area contributed by atoms with Crippen molar-refractivity contribution >= 4 is 34.0 Å². The predicted molar refractivity (Wildman–Crippen MR) is 107 cm³/mol. The molecule has 158 valence electrons. The third kappa shape index (κ3) is 5.82. The van der Waals surface area contributed by atoms with Crippen molar-refractivity contribution in [2.45, 2.75) is 51.2 Å². The van der Waals surface area contributed by atoms with Crippen LogP contribution < -0.4 is 10.6 Å². The molecule has 3 rings (SSSR count). The number of aromatic nitrogens is 2. The second-order valence-corrected chi connectivity index (χ2v) is 8.59. The zero-order chi connectivity index (χ0) is 21.0. The van der Waals surface area contributed by atoms with E-state index in [-0.39, 0.29) is 16.6 Å². The quantitative estimate of drug-likeness (QED) is 0.642. The summed E-state index contributed by atoms with van der Waals surface area (Å²) in [6.45, 7) is 2.82. The van der Waals surface area contributed by atoms with Gasteiger partial charge in [0, 0.05) is 12.6 Å². The first-order valence-corrected chi connectivity index (χ1v) is 10.7. The number of rotatable bonds is 6. The lowest BCUT2D eigenvalue weighted by Crippen LogP contribution is -2.38. The first kappa shape index (κ1) is 21.8. The Morgan fingerprint density at radius 1 is 1.24 bits per heavy atom. The molecule has 1 heterocycles. The number of amides is 1. The Balaban J connectivity index is 1.49. The van der Waals surface area contributed by atoms with E-state index in [1.807, 2.05) is 6.92 Å². The molecule has 1 fully saturated rings. The van der Waals surface area contributed by atoms with Gasteiger partial charge in [-0.1, -0.05) is 29.9 Å². The zero-order valence-corrected chi connectivity index (χ0v) is 17.4. The average Bonchev–Trinajstić information content (AvgIpc) is 3.15. The summed E-state index contributed by atoms with van der Waals surface area (Å²) in [5.74, 6) is -0.113. The molecule has 0 spiro atoms. The van der Waals surface area contributed by atoms with Gasteiger partial charge in [0.25, 0.3) is 5.91 Å². The lowest BCUT2D eigenvalue weighted by Gasteiger charge is -2.29. The Morgan fingerprint density at radius 3 is 2.59 bits per heavy atom. The normalized spacial score (nSPS) is 19.8. The van der Waals surface area contributed by atoms with Gasteiger partial charge >= 0.3 is 6.18 Å². The molecular formula is C19H22ClF3N4OS. The number of aryl methyl sites for hydroxylation is 1. The van der Waals surface area contributed by atoms with Crippen LogP contribution in [0.4, 0.5) is 18.3 Å². The molecule has 0 radical (unpaired) electrons. The first-order valence-electron chi connectivity index (χ1n) is 9.50. The topological polar surface area (TPSA) is 66.9 Å². The lowest BCUT2D eigenvalue weighted by atomic mass is 9.86. The fourth-order valence-electron chi connectivity index (χ4n) is 3.35. The number of carbonyl (C=O) groups excluding carboxylic acids is 1. The molecule has 1 aliphatic rings. The molecular weight excluding hydrogens is 425 g/mol. The maximum absolute atomic E-state index is 12.9. The second kappa shape index (κ2) is 9.30. The van der Waals surface area contributed by atoms with Gasteiger partial charge in [-0.15, -0.1) is 10.2 Å². The molecule has 1 aromatic heterocycles. The van der Waals surface area contributed by atoms with Crippen molar-refractivity contribution in [3.8, 4) is 0 Å². The minimum absolute atomic E-state index is 0.0110. The molecule has 29 heavy (non-hydrogen) atoms. The number of halogens is 4. The lowest BCUT2D eigenvalue weighted by molar-refractivity contribution is -0.137. The van der Waals surface area contributed by atoms with Crippen LogP contribution in [0.25, 0.3) is 0 Å². The van der Waals surface area contributed by atoms with Crippen LogP contribution in [0.3, 0.4) is 0 Å². The Morgan fingerprint density at radius 2 is 1.97 bits per heavy atom. The van der Waals surface area contributed by atoms with Crippen molar-refractivity contribution in [3.05, 3.63) is 39.4 Å². The van der Waals surface area contributed by atoms with Crippen molar-refractivity contribution in [1.82, 2.24) is 15.5 Å². The standard InChI is InChI=1S/C19H22ClF3N4OS/c1-2-16-26-27-18(29-16)24-10-11-3-6-13(7-4-11)25-17(28)14-9-12(19(21,22)23)5-8-15(14)20/h5,8-9,11,13H,2-4,6-7,10H2,1H3,(H,24,27)(H,25,28)/t11-,13-. The van der Waals surface area contributed by atoms with Crippen LogP contribution in [0.5, 0.6) is 0 Å². The van der Waals surface area contributed by atoms with Gasteiger partial charge in [0.1, 0.15) is 5.01 Å². The number of anilines is 1. The van der Waals surface area contributed by atoms with Gasteiger partial charge in [0.15, 0.2) is 0 Å². The number of nitrogens with one attached hydrogen (secondary N) is 2. The van der Waals surface area contributed by atoms with Crippen LogP contribution in [0, 0.1) is 5.92 Å². The summed E-state index contributed by atoms with van der Waals surface area (Å²) in [7, 11) is 0. The summed E-state index contributed by atoms with van der Waals surface area (Å²) < 4.78 is 38.7. The van der Waals surface area contributed by atoms with E-state index >= 15 is 0 Å². The van der Waals surface area contributed by atoms with E-state index in [1.54, 1.807) is 11.3 Å². The summed E-state index contributed by atoms with van der Waals surface area (Å²) in [5, 5.41) is 16.1. The summed E-state index contributed by atoms with van der Waals surface area (Å²) in [6, 6.07) is 2.72. The van der Waals surface area contributed by atoms with Crippen molar-refractivity contribution in [2.24, 2.45) is 5.92 Å². The van der Waals surface area contributed by atoms with E-state index in [0.717, 1.165) is 67.0 Å². The predicted octanol–water partition coefficient (Wildman–Crippen LogP) is 5.17. The molecule has 1 amide bonds. The van der Waals surface area contributed by atoms with Gasteiger partial charge in [-0.3, -0.25) is 4.79 Å². The van der Waals surface area contributed by atoms with Gasteiger partial charge in [-0.2, -0.15) is 13.2 Å². The van der Waals surface area contributed by atoms with Gasteiger partial charge in [0.05, 0.1) is 16.1 Å². The van der Waals surface area contributed by atoms with Crippen molar-refractivity contribution in [2.75, 3.05) is 11.9 Å². The minimum atomic E-state index is -4.52. The molecule has 1 saturated carbocycles. The monoisotopic (exact) mass is 446 g/mol. The number of hydrogen-bond acceptors (Lipinski definition) is 5. The molecule has 5 nitrogen and oxygen atoms in total. The highest BCUT2D eigenvalue weighted by molar-refractivity contribution is 7.15. The number of nitrogens with zero attached hydrogens (tertiary/aromatic N) is 2. The maximum atomic E-state index is 12.9. The Hall–Kier alpha value is -1.87. The molecule has 10 heteroatoms. The first-order chi connectivity index (χ1) is 13.8. The highest BCUT2D eigenvalue weighted by Crippen LogP contribution is 2.32. The number of hydrogen-bond donors (Lipinski definition) is 2. The van der Waals surface area contributed by atoms with E-state index in [9.17, 15) is 18.0 Å². The third-order valence-electron chi connectivity index (χ3n) is 5.03. The average molecular weight is 447 g/mol. The number of benzene rings is 1. The fraction of sp³-hybridized carbons (Fsp3) is 0.526. The van der Waals surface area contributed by atoms with Crippen molar-refractivity contribution in [1.29, 1.82) is 0 Å². The largest absolute Gasteiger partial charge is 0.416 e. The van der Waals surface area contributed by atoms with Crippen molar-refractivity contribution in [3.63, 3.8) is 0 Å². The van der Waals surface area contributed by atoms with Crippen LogP contribution in [0.2, 0.25) is 5.02 Å². The molecule has 0 aliphatic heterocycles. The van der Waals surface area contributed by atoms with Crippen molar-refractivity contribution < 1.29 is 18.0 Å². The molecule has 0 saturated heterocycles. The van der Waals surface area contributed by atoms with Crippen LogP contribution in [-0.4, -0.2) is 28.7 Å². The van der Waals surface area contributed by atoms with Crippen LogP contribution >= 0.6 is 22.9 Å². The zero-order valence-electron chi connectivity index (χ0n) is 15.9. The summed E-state index contributed by atoms with van der Waals surface area (Å²) in [6.07, 6.45) is -0.299. The van der Waals surface area contributed by atoms with E-state index in [4.69, 9.17) is 11.6 Å². The van der Waals surface area contributed by atoms with E-state index in [0.29, 0.717) is 5.92 Å². The molecule has 0 bridgehead atoms. The van der Waals surface area contributed by atoms with Gasteiger partial charge in [-0.05, 0) is 56.2 Å². The van der Waals surface area contributed by atoms with Gasteiger partial charge in [-0.25, -0.2) is 0 Å². The molecule has 0 atom stereocenters. The highest BCUT2D eigenvalue weighted by atomic mass is 35.5. The van der Waals surface area contributed by atoms with Gasteiger partial charge in [0.2, 0.25) is 5.13 Å². The Bertz CT molecular complexity index is 850. The Labute approximate surface area is 176 Å². The SMILES string of the molecule is CCc1nnc(NC[C@H]2CC[C@H](NC(=O)c3cc(C(F)(F)F)ccc3Cl)CC2)s1. The molecule has 2 N–H and O–H groups in total. The summed E-state index contributed by atoms with van der Waals surface area (Å²) in [5.41, 5.74) is -1.03. The Kier molecular flexibility index (Phi) is 7.00. The molecule has 2 aromatic rings. The van der Waals surface area contributed by atoms with Gasteiger partial charge < -0.3 is 10.6 Å². The van der Waals surface area contributed by atoms with E-state index in [2.05, 4.69) is 20.8 Å². The summed E-state index contributed by atoms with van der Waals surface area (Å²) in [4.78, 5) is 12.4. The maximum Gasteiger partial charge on any atom is 0.416 e. The van der Waals surface area contributed by atoms with E-state index < -0.39 is 17.6 Å². The number of carbonyl (C=O) groups is 1. The second-order valence-electron chi connectivity index (χ2n) is 7.12. The number of alkyl halides is 3. The fourth-order valence-corrected chi connectivity index (χ4v) is 4.24. The van der Waals surface area contributed by atoms with E-state index in [1.165, 1.54) is 0 Å². The molecule has 1 aromatic carbocycles. The van der Waals surface area contributed by atoms with Crippen LogP contribution in [0.15, 0.2) is 18.2 Å². The smallest absolute Gasteiger partial charge is 0.360 e. The van der Waals surface area contributed by atoms with Crippen LogP contribution in [0.1, 0.15) is 53.5 Å². The molecule has 0 unspecified atom stereocenters. The molecule has 1 aliphatic carbocycles. The minimum Gasteiger partial charge on any atom is -0.360 e. The summed E-state index contributed by atoms with van der Waals surface area (Å²) >= 11 is 7.50. The third-order valence-corrected chi connectivity index (χ3v) is 6.39. The highest BCUT2D eigenvalue weighted by Gasteiger charge is 2.32.